The van der Waals surface area contributed by atoms with Crippen molar-refractivity contribution in [3.05, 3.63) is 54.4 Å². The van der Waals surface area contributed by atoms with E-state index in [2.05, 4.69) is 14.9 Å². The fraction of sp³-hybridized carbons (Fsp3) is 0.455. The zero-order chi connectivity index (χ0) is 20.4. The number of hydrogen-bond acceptors (Lipinski definition) is 5. The molecule has 0 saturated carbocycles. The summed E-state index contributed by atoms with van der Waals surface area (Å²) in [6, 6.07) is 11.2. The van der Waals surface area contributed by atoms with Gasteiger partial charge in [0.15, 0.2) is 0 Å². The zero-order valence-corrected chi connectivity index (χ0v) is 17.0. The number of carbonyl (C=O) groups excluding carboxylic acids is 2. The van der Waals surface area contributed by atoms with Gasteiger partial charge in [0.05, 0.1) is 5.41 Å². The van der Waals surface area contributed by atoms with Crippen molar-refractivity contribution in [3.8, 4) is 0 Å². The van der Waals surface area contributed by atoms with Gasteiger partial charge in [-0.3, -0.25) is 9.59 Å². The number of rotatable bonds is 3. The van der Waals surface area contributed by atoms with Crippen LogP contribution in [0.25, 0.3) is 0 Å². The molecule has 2 saturated heterocycles. The van der Waals surface area contributed by atoms with Crippen LogP contribution < -0.4 is 4.90 Å². The number of nitrogens with zero attached hydrogens (tertiary/aromatic N) is 5. The van der Waals surface area contributed by atoms with Gasteiger partial charge in [-0.2, -0.15) is 0 Å². The standard InChI is InChI=1S/C22H27N5O2/c1-25(2)20(29)22-10-6-13-26(19(28)17-8-4-3-5-9-17)14-18(22)15-27(16-22)21-23-11-7-12-24-21/h3-5,7-9,11-12,18H,6,10,13-16H2,1-2H3/t18-,22-/m0/s1. The third-order valence-corrected chi connectivity index (χ3v) is 6.16. The van der Waals surface area contributed by atoms with Crippen molar-refractivity contribution in [2.75, 3.05) is 45.2 Å². The number of anilines is 1. The number of benzene rings is 1. The van der Waals surface area contributed by atoms with Crippen molar-refractivity contribution in [2.45, 2.75) is 12.8 Å². The molecular formula is C22H27N5O2. The molecule has 7 heteroatoms. The van der Waals surface area contributed by atoms with E-state index in [0.29, 0.717) is 37.7 Å². The Morgan fingerprint density at radius 3 is 2.48 bits per heavy atom. The average Bonchev–Trinajstić information content (AvgIpc) is 3.02. The summed E-state index contributed by atoms with van der Waals surface area (Å²) in [6.07, 6.45) is 5.01. The van der Waals surface area contributed by atoms with E-state index in [9.17, 15) is 9.59 Å². The topological polar surface area (TPSA) is 69.6 Å². The Labute approximate surface area is 171 Å². The first kappa shape index (κ1) is 19.4. The molecule has 0 bridgehead atoms. The highest BCUT2D eigenvalue weighted by atomic mass is 16.2. The summed E-state index contributed by atoms with van der Waals surface area (Å²) in [5.41, 5.74) is 0.175. The maximum atomic E-state index is 13.3. The number of hydrogen-bond donors (Lipinski definition) is 0. The molecule has 2 amide bonds. The van der Waals surface area contributed by atoms with E-state index in [1.54, 1.807) is 23.4 Å². The van der Waals surface area contributed by atoms with Crippen molar-refractivity contribution in [1.29, 1.82) is 0 Å². The van der Waals surface area contributed by atoms with Crippen LogP contribution >= 0.6 is 0 Å². The Kier molecular flexibility index (Phi) is 5.22. The molecule has 1 aromatic heterocycles. The summed E-state index contributed by atoms with van der Waals surface area (Å²) in [6.45, 7) is 2.50. The molecule has 29 heavy (non-hydrogen) atoms. The Morgan fingerprint density at radius 1 is 1.07 bits per heavy atom. The highest BCUT2D eigenvalue weighted by Crippen LogP contribution is 2.44. The van der Waals surface area contributed by atoms with Crippen molar-refractivity contribution in [2.24, 2.45) is 11.3 Å². The molecule has 152 valence electrons. The van der Waals surface area contributed by atoms with Gasteiger partial charge in [0.25, 0.3) is 5.91 Å². The van der Waals surface area contributed by atoms with Crippen LogP contribution in [0.1, 0.15) is 23.2 Å². The van der Waals surface area contributed by atoms with Crippen molar-refractivity contribution >= 4 is 17.8 Å². The molecule has 2 aromatic rings. The van der Waals surface area contributed by atoms with Crippen LogP contribution in [0.3, 0.4) is 0 Å². The summed E-state index contributed by atoms with van der Waals surface area (Å²) in [5, 5.41) is 0. The van der Waals surface area contributed by atoms with Gasteiger partial charge < -0.3 is 14.7 Å². The number of likely N-dealkylation sites (tertiary alicyclic amines) is 1. The Bertz CT molecular complexity index is 873. The molecule has 0 aliphatic carbocycles. The molecule has 0 N–H and O–H groups in total. The molecule has 0 radical (unpaired) electrons. The molecule has 2 fully saturated rings. The van der Waals surface area contributed by atoms with Gasteiger partial charge in [-0.1, -0.05) is 18.2 Å². The summed E-state index contributed by atoms with van der Waals surface area (Å²) >= 11 is 0. The third-order valence-electron chi connectivity index (χ3n) is 6.16. The number of fused-ring (bicyclic) bond motifs is 1. The second kappa shape index (κ2) is 7.81. The van der Waals surface area contributed by atoms with Crippen LogP contribution in [-0.4, -0.2) is 71.9 Å². The highest BCUT2D eigenvalue weighted by Gasteiger charge is 2.54. The molecule has 0 spiro atoms. The maximum absolute atomic E-state index is 13.3. The van der Waals surface area contributed by atoms with Crippen molar-refractivity contribution < 1.29 is 9.59 Å². The van der Waals surface area contributed by atoms with Gasteiger partial charge in [-0.05, 0) is 31.0 Å². The first-order valence-electron chi connectivity index (χ1n) is 10.1. The normalized spacial score (nSPS) is 24.0. The highest BCUT2D eigenvalue weighted by molar-refractivity contribution is 5.94. The van der Waals surface area contributed by atoms with Crippen LogP contribution in [0, 0.1) is 11.3 Å². The Hall–Kier alpha value is -2.96. The lowest BCUT2D eigenvalue weighted by molar-refractivity contribution is -0.141. The minimum absolute atomic E-state index is 0.0353. The third kappa shape index (κ3) is 3.57. The molecule has 1 aromatic carbocycles. The van der Waals surface area contributed by atoms with Gasteiger partial charge in [0.2, 0.25) is 11.9 Å². The molecular weight excluding hydrogens is 366 g/mol. The summed E-state index contributed by atoms with van der Waals surface area (Å²) in [7, 11) is 3.63. The average molecular weight is 393 g/mol. The lowest BCUT2D eigenvalue weighted by Crippen LogP contribution is -2.47. The molecule has 0 unspecified atom stereocenters. The minimum atomic E-state index is -0.519. The van der Waals surface area contributed by atoms with Gasteiger partial charge in [-0.15, -0.1) is 0 Å². The lowest BCUT2D eigenvalue weighted by atomic mass is 9.74. The lowest BCUT2D eigenvalue weighted by Gasteiger charge is -2.34. The number of carbonyl (C=O) groups is 2. The number of amides is 2. The summed E-state index contributed by atoms with van der Waals surface area (Å²) in [4.78, 5) is 40.9. The van der Waals surface area contributed by atoms with Gasteiger partial charge in [-0.25, -0.2) is 9.97 Å². The molecule has 2 atom stereocenters. The van der Waals surface area contributed by atoms with Gasteiger partial charge in [0.1, 0.15) is 0 Å². The minimum Gasteiger partial charge on any atom is -0.348 e. The van der Waals surface area contributed by atoms with Crippen molar-refractivity contribution in [1.82, 2.24) is 19.8 Å². The van der Waals surface area contributed by atoms with Gasteiger partial charge >= 0.3 is 0 Å². The van der Waals surface area contributed by atoms with E-state index in [4.69, 9.17) is 0 Å². The largest absolute Gasteiger partial charge is 0.348 e. The smallest absolute Gasteiger partial charge is 0.253 e. The van der Waals surface area contributed by atoms with Crippen LogP contribution in [0.2, 0.25) is 0 Å². The Morgan fingerprint density at radius 2 is 1.79 bits per heavy atom. The summed E-state index contributed by atoms with van der Waals surface area (Å²) < 4.78 is 0. The predicted octanol–water partition coefficient (Wildman–Crippen LogP) is 1.92. The van der Waals surface area contributed by atoms with Gasteiger partial charge in [0, 0.05) is 64.1 Å². The fourth-order valence-corrected chi connectivity index (χ4v) is 4.78. The SMILES string of the molecule is CN(C)C(=O)[C@]12CCCN(C(=O)c3ccccc3)C[C@H]1CN(c1ncccn1)C2. The summed E-state index contributed by atoms with van der Waals surface area (Å²) in [5.74, 6) is 0.854. The van der Waals surface area contributed by atoms with Crippen molar-refractivity contribution in [3.63, 3.8) is 0 Å². The van der Waals surface area contributed by atoms with E-state index in [-0.39, 0.29) is 17.7 Å². The fourth-order valence-electron chi connectivity index (χ4n) is 4.78. The van der Waals surface area contributed by atoms with Crippen LogP contribution in [-0.2, 0) is 4.79 Å². The second-order valence-electron chi connectivity index (χ2n) is 8.20. The van der Waals surface area contributed by atoms with E-state index in [1.165, 1.54) is 0 Å². The molecule has 2 aliphatic rings. The van der Waals surface area contributed by atoms with E-state index >= 15 is 0 Å². The zero-order valence-electron chi connectivity index (χ0n) is 17.0. The van der Waals surface area contributed by atoms with E-state index in [0.717, 1.165) is 12.8 Å². The second-order valence-corrected chi connectivity index (χ2v) is 8.20. The monoisotopic (exact) mass is 393 g/mol. The maximum Gasteiger partial charge on any atom is 0.253 e. The van der Waals surface area contributed by atoms with Crippen LogP contribution in [0.4, 0.5) is 5.95 Å². The van der Waals surface area contributed by atoms with E-state index < -0.39 is 5.41 Å². The Balaban J connectivity index is 1.64. The molecule has 4 rings (SSSR count). The first-order chi connectivity index (χ1) is 14.0. The molecule has 7 nitrogen and oxygen atoms in total. The first-order valence-corrected chi connectivity index (χ1v) is 10.1. The number of aromatic nitrogens is 2. The molecule has 2 aliphatic heterocycles. The van der Waals surface area contributed by atoms with Crippen LogP contribution in [0.15, 0.2) is 48.8 Å². The quantitative estimate of drug-likeness (QED) is 0.797. The van der Waals surface area contributed by atoms with E-state index in [1.807, 2.05) is 49.3 Å². The predicted molar refractivity (Wildman–Crippen MR) is 110 cm³/mol. The van der Waals surface area contributed by atoms with Crippen LogP contribution in [0.5, 0.6) is 0 Å². The molecule has 3 heterocycles.